The molecule has 1 heterocycles. The van der Waals surface area contributed by atoms with Gasteiger partial charge in [0.15, 0.2) is 0 Å². The molecule has 0 radical (unpaired) electrons. The van der Waals surface area contributed by atoms with Gasteiger partial charge in [0.05, 0.1) is 18.0 Å². The van der Waals surface area contributed by atoms with Crippen molar-refractivity contribution < 1.29 is 24.6 Å². The summed E-state index contributed by atoms with van der Waals surface area (Å²) < 4.78 is 0. The standard InChI is InChI=1S/C14H16N2O5/c15-10(7-12(17)18)13(19)16-5-1-2-8-6-9(14(20)21)3-4-11(8)16/h3-4,6,10H,1-2,5,7,15H2,(H,17,18)(H,20,21). The van der Waals surface area contributed by atoms with E-state index < -0.39 is 30.3 Å². The highest BCUT2D eigenvalue weighted by Crippen LogP contribution is 2.28. The molecular formula is C14H16N2O5. The monoisotopic (exact) mass is 292 g/mol. The third-order valence-electron chi connectivity index (χ3n) is 3.42. The van der Waals surface area contributed by atoms with E-state index >= 15 is 0 Å². The first-order valence-electron chi connectivity index (χ1n) is 6.55. The van der Waals surface area contributed by atoms with Crippen LogP contribution < -0.4 is 10.6 Å². The van der Waals surface area contributed by atoms with Crippen molar-refractivity contribution in [1.82, 2.24) is 0 Å². The lowest BCUT2D eigenvalue weighted by Crippen LogP contribution is -2.47. The number of carbonyl (C=O) groups excluding carboxylic acids is 1. The van der Waals surface area contributed by atoms with E-state index in [4.69, 9.17) is 15.9 Å². The number of fused-ring (bicyclic) bond motifs is 1. The highest BCUT2D eigenvalue weighted by Gasteiger charge is 2.28. The number of carbonyl (C=O) groups is 3. The Balaban J connectivity index is 2.27. The smallest absolute Gasteiger partial charge is 0.335 e. The minimum Gasteiger partial charge on any atom is -0.481 e. The molecule has 0 aliphatic carbocycles. The molecule has 1 atom stereocenters. The fourth-order valence-electron chi connectivity index (χ4n) is 2.43. The number of nitrogens with two attached hydrogens (primary N) is 1. The van der Waals surface area contributed by atoms with Crippen LogP contribution in [0.1, 0.15) is 28.8 Å². The van der Waals surface area contributed by atoms with E-state index in [2.05, 4.69) is 0 Å². The van der Waals surface area contributed by atoms with Gasteiger partial charge in [-0.3, -0.25) is 9.59 Å². The molecule has 112 valence electrons. The molecule has 2 rings (SSSR count). The SMILES string of the molecule is NC(CC(=O)O)C(=O)N1CCCc2cc(C(=O)O)ccc21. The van der Waals surface area contributed by atoms with Crippen LogP contribution in [0.3, 0.4) is 0 Å². The van der Waals surface area contributed by atoms with Crippen molar-refractivity contribution in [3.63, 3.8) is 0 Å². The molecule has 0 saturated heterocycles. The van der Waals surface area contributed by atoms with Crippen molar-refractivity contribution in [3.8, 4) is 0 Å². The van der Waals surface area contributed by atoms with Gasteiger partial charge in [-0.1, -0.05) is 0 Å². The molecular weight excluding hydrogens is 276 g/mol. The maximum absolute atomic E-state index is 12.2. The number of benzene rings is 1. The largest absolute Gasteiger partial charge is 0.481 e. The second-order valence-corrected chi connectivity index (χ2v) is 4.95. The Labute approximate surface area is 121 Å². The summed E-state index contributed by atoms with van der Waals surface area (Å²) in [7, 11) is 0. The molecule has 0 saturated carbocycles. The number of amides is 1. The average Bonchev–Trinajstić information content (AvgIpc) is 2.44. The van der Waals surface area contributed by atoms with Gasteiger partial charge >= 0.3 is 11.9 Å². The second kappa shape index (κ2) is 5.92. The van der Waals surface area contributed by atoms with E-state index in [1.54, 1.807) is 12.1 Å². The Kier molecular flexibility index (Phi) is 4.23. The number of aliphatic carboxylic acids is 1. The first-order chi connectivity index (χ1) is 9.90. The number of hydrogen-bond acceptors (Lipinski definition) is 4. The third-order valence-corrected chi connectivity index (χ3v) is 3.42. The minimum absolute atomic E-state index is 0.165. The van der Waals surface area contributed by atoms with Crippen LogP contribution in [0.25, 0.3) is 0 Å². The maximum atomic E-state index is 12.2. The number of aryl methyl sites for hydroxylation is 1. The van der Waals surface area contributed by atoms with Gasteiger partial charge in [0, 0.05) is 12.2 Å². The van der Waals surface area contributed by atoms with E-state index in [1.807, 2.05) is 0 Å². The zero-order chi connectivity index (χ0) is 15.6. The summed E-state index contributed by atoms with van der Waals surface area (Å²) in [6, 6.07) is 3.44. The van der Waals surface area contributed by atoms with E-state index in [9.17, 15) is 14.4 Å². The van der Waals surface area contributed by atoms with Crippen molar-refractivity contribution in [2.75, 3.05) is 11.4 Å². The van der Waals surface area contributed by atoms with E-state index in [0.717, 1.165) is 5.56 Å². The van der Waals surface area contributed by atoms with E-state index in [-0.39, 0.29) is 5.56 Å². The summed E-state index contributed by atoms with van der Waals surface area (Å²) in [5.41, 5.74) is 7.15. The molecule has 7 nitrogen and oxygen atoms in total. The lowest BCUT2D eigenvalue weighted by atomic mass is 9.98. The number of nitrogens with zero attached hydrogens (tertiary/aromatic N) is 1. The van der Waals surface area contributed by atoms with Crippen molar-refractivity contribution in [2.45, 2.75) is 25.3 Å². The Bertz CT molecular complexity index is 599. The van der Waals surface area contributed by atoms with Gasteiger partial charge in [0.1, 0.15) is 0 Å². The van der Waals surface area contributed by atoms with Crippen LogP contribution in [0.2, 0.25) is 0 Å². The molecule has 0 aromatic heterocycles. The van der Waals surface area contributed by atoms with Gasteiger partial charge in [-0.2, -0.15) is 0 Å². The van der Waals surface area contributed by atoms with Crippen LogP contribution in [0, 0.1) is 0 Å². The molecule has 1 aliphatic rings. The minimum atomic E-state index is -1.13. The predicted octanol–water partition coefficient (Wildman–Crippen LogP) is 0.466. The lowest BCUT2D eigenvalue weighted by Gasteiger charge is -2.31. The number of anilines is 1. The highest BCUT2D eigenvalue weighted by atomic mass is 16.4. The van der Waals surface area contributed by atoms with E-state index in [1.165, 1.54) is 11.0 Å². The Hall–Kier alpha value is -2.41. The fourth-order valence-corrected chi connectivity index (χ4v) is 2.43. The summed E-state index contributed by atoms with van der Waals surface area (Å²) in [6.07, 6.45) is 0.924. The van der Waals surface area contributed by atoms with Crippen LogP contribution in [-0.4, -0.2) is 40.6 Å². The summed E-state index contributed by atoms with van der Waals surface area (Å²) in [5, 5.41) is 17.7. The van der Waals surface area contributed by atoms with E-state index in [0.29, 0.717) is 25.1 Å². The van der Waals surface area contributed by atoms with Gasteiger partial charge in [0.2, 0.25) is 5.91 Å². The molecule has 1 aliphatic heterocycles. The molecule has 0 bridgehead atoms. The quantitative estimate of drug-likeness (QED) is 0.741. The second-order valence-electron chi connectivity index (χ2n) is 4.95. The van der Waals surface area contributed by atoms with Crippen molar-refractivity contribution in [1.29, 1.82) is 0 Å². The van der Waals surface area contributed by atoms with Crippen LogP contribution in [0.5, 0.6) is 0 Å². The highest BCUT2D eigenvalue weighted by molar-refractivity contribution is 6.00. The van der Waals surface area contributed by atoms with Crippen LogP contribution >= 0.6 is 0 Å². The molecule has 0 fully saturated rings. The van der Waals surface area contributed by atoms with Crippen molar-refractivity contribution >= 4 is 23.5 Å². The average molecular weight is 292 g/mol. The number of aromatic carboxylic acids is 1. The molecule has 4 N–H and O–H groups in total. The topological polar surface area (TPSA) is 121 Å². The fraction of sp³-hybridized carbons (Fsp3) is 0.357. The Morgan fingerprint density at radius 1 is 1.29 bits per heavy atom. The molecule has 21 heavy (non-hydrogen) atoms. The maximum Gasteiger partial charge on any atom is 0.335 e. The Morgan fingerprint density at radius 3 is 2.62 bits per heavy atom. The summed E-state index contributed by atoms with van der Waals surface area (Å²) >= 11 is 0. The van der Waals surface area contributed by atoms with Gasteiger partial charge in [-0.15, -0.1) is 0 Å². The summed E-state index contributed by atoms with van der Waals surface area (Å²) in [4.78, 5) is 35.3. The van der Waals surface area contributed by atoms with Gasteiger partial charge in [-0.25, -0.2) is 4.79 Å². The molecule has 7 heteroatoms. The lowest BCUT2D eigenvalue weighted by molar-refractivity contribution is -0.139. The van der Waals surface area contributed by atoms with Crippen molar-refractivity contribution in [3.05, 3.63) is 29.3 Å². The van der Waals surface area contributed by atoms with Crippen LogP contribution in [0.15, 0.2) is 18.2 Å². The molecule has 1 amide bonds. The predicted molar refractivity (Wildman–Crippen MR) is 74.3 cm³/mol. The van der Waals surface area contributed by atoms with Gasteiger partial charge in [0.25, 0.3) is 0 Å². The molecule has 1 unspecified atom stereocenters. The van der Waals surface area contributed by atoms with Crippen molar-refractivity contribution in [2.24, 2.45) is 5.73 Å². The van der Waals surface area contributed by atoms with Crippen LogP contribution in [0.4, 0.5) is 5.69 Å². The number of hydrogen-bond donors (Lipinski definition) is 3. The number of rotatable bonds is 4. The van der Waals surface area contributed by atoms with Crippen LogP contribution in [-0.2, 0) is 16.0 Å². The number of carboxylic acid groups (broad SMARTS) is 2. The normalized spacial score (nSPS) is 15.2. The molecule has 1 aromatic carbocycles. The zero-order valence-corrected chi connectivity index (χ0v) is 11.3. The third kappa shape index (κ3) is 3.19. The Morgan fingerprint density at radius 2 is 2.00 bits per heavy atom. The molecule has 1 aromatic rings. The summed E-state index contributed by atoms with van der Waals surface area (Å²) in [6.45, 7) is 0.450. The van der Waals surface area contributed by atoms with Gasteiger partial charge < -0.3 is 20.8 Å². The summed E-state index contributed by atoms with van der Waals surface area (Å²) in [5.74, 6) is -2.61. The van der Waals surface area contributed by atoms with Gasteiger partial charge in [-0.05, 0) is 36.6 Å². The number of carboxylic acids is 2. The first-order valence-corrected chi connectivity index (χ1v) is 6.55. The first kappa shape index (κ1) is 15.0. The molecule has 0 spiro atoms. The zero-order valence-electron chi connectivity index (χ0n) is 11.3.